The lowest BCUT2D eigenvalue weighted by Gasteiger charge is -2.39. The smallest absolute Gasteiger partial charge is 0.322 e. The van der Waals surface area contributed by atoms with E-state index in [1.807, 2.05) is 182 Å². The lowest BCUT2D eigenvalue weighted by Crippen LogP contribution is -2.53. The molecule has 0 fully saturated rings. The molecule has 0 saturated carbocycles. The third-order valence-corrected chi connectivity index (χ3v) is 11.7. The van der Waals surface area contributed by atoms with Crippen LogP contribution in [0.5, 0.6) is 0 Å². The van der Waals surface area contributed by atoms with Gasteiger partial charge in [-0.1, -0.05) is 182 Å². The molecule has 0 aliphatic carbocycles. The van der Waals surface area contributed by atoms with E-state index in [1.165, 1.54) is 11.8 Å². The molecule has 0 aliphatic heterocycles. The van der Waals surface area contributed by atoms with Crippen LogP contribution in [0.2, 0.25) is 0 Å². The highest BCUT2D eigenvalue weighted by molar-refractivity contribution is 8.00. The van der Waals surface area contributed by atoms with E-state index >= 15 is 0 Å². The summed E-state index contributed by atoms with van der Waals surface area (Å²) in [6.07, 6.45) is -0.360. The minimum absolute atomic E-state index is 0.0512. The first kappa shape index (κ1) is 41.2. The molecule has 0 radical (unpaired) electrons. The molecule has 5 N–H and O–H groups in total. The van der Waals surface area contributed by atoms with E-state index in [9.17, 15) is 29.4 Å². The number of carbonyl (C=O) groups excluding carboxylic acids is 2. The van der Waals surface area contributed by atoms with Crippen LogP contribution in [0, 0.1) is 0 Å². The SMILES string of the molecule is O=C(O)CNC(=O)[C@H](CSC(c1ccccc1)(c1ccccc1)c1ccccc1)NC(=O)CC[C@H](NC(c1ccccc1)(c1ccccc1)c1ccccc1)C(=O)O. The summed E-state index contributed by atoms with van der Waals surface area (Å²) >= 11 is 1.44. The molecule has 2 atom stereocenters. The third kappa shape index (κ3) is 9.54. The van der Waals surface area contributed by atoms with Gasteiger partial charge in [0.2, 0.25) is 11.8 Å². The fourth-order valence-corrected chi connectivity index (χ4v) is 8.88. The molecular formula is C48H45N3O6S. The molecule has 6 aromatic carbocycles. The fraction of sp³-hybridized carbons (Fsp3) is 0.167. The van der Waals surface area contributed by atoms with Gasteiger partial charge in [0.25, 0.3) is 0 Å². The molecule has 10 heteroatoms. The van der Waals surface area contributed by atoms with Crippen molar-refractivity contribution in [2.45, 2.75) is 35.2 Å². The standard InChI is InChI=1S/C48H45N3O6S/c52-43(32-31-41(46(56)57)51-47(35-19-7-1-8-20-35,36-21-9-2-10-22-36)37-23-11-3-12-24-37)50-42(45(55)49-33-44(53)54)34-58-48(38-25-13-4-14-26-38,39-27-15-5-16-28-39)40-29-17-6-18-30-40/h1-30,41-42,51H,31-34H2,(H,49,55)(H,50,52)(H,53,54)(H,56,57)/t41-,42-/m0/s1. The molecule has 0 saturated heterocycles. The van der Waals surface area contributed by atoms with E-state index in [2.05, 4.69) is 16.0 Å². The summed E-state index contributed by atoms with van der Waals surface area (Å²) < 4.78 is -0.826. The van der Waals surface area contributed by atoms with Crippen LogP contribution in [0.15, 0.2) is 182 Å². The van der Waals surface area contributed by atoms with Gasteiger partial charge in [0.1, 0.15) is 18.6 Å². The monoisotopic (exact) mass is 791 g/mol. The summed E-state index contributed by atoms with van der Waals surface area (Å²) in [5.41, 5.74) is 4.18. The Morgan fingerprint density at radius 1 is 0.517 bits per heavy atom. The lowest BCUT2D eigenvalue weighted by molar-refractivity contribution is -0.140. The molecular weight excluding hydrogens is 747 g/mol. The summed E-state index contributed by atoms with van der Waals surface area (Å²) in [4.78, 5) is 52.2. The predicted molar refractivity (Wildman–Crippen MR) is 227 cm³/mol. The van der Waals surface area contributed by atoms with E-state index in [1.54, 1.807) is 0 Å². The third-order valence-electron chi connectivity index (χ3n) is 10.0. The van der Waals surface area contributed by atoms with E-state index < -0.39 is 52.7 Å². The first-order valence-electron chi connectivity index (χ1n) is 19.0. The van der Waals surface area contributed by atoms with Crippen molar-refractivity contribution in [3.8, 4) is 0 Å². The highest BCUT2D eigenvalue weighted by Gasteiger charge is 2.41. The van der Waals surface area contributed by atoms with Gasteiger partial charge in [-0.15, -0.1) is 11.8 Å². The Balaban J connectivity index is 1.29. The maximum atomic E-state index is 13.9. The molecule has 294 valence electrons. The van der Waals surface area contributed by atoms with Crippen LogP contribution in [-0.4, -0.2) is 58.3 Å². The molecule has 0 heterocycles. The minimum Gasteiger partial charge on any atom is -0.480 e. The molecule has 0 unspecified atom stereocenters. The second kappa shape index (κ2) is 19.6. The molecule has 6 aromatic rings. The van der Waals surface area contributed by atoms with Gasteiger partial charge in [0, 0.05) is 12.2 Å². The van der Waals surface area contributed by atoms with Crippen molar-refractivity contribution in [3.63, 3.8) is 0 Å². The number of carboxylic acids is 2. The van der Waals surface area contributed by atoms with Crippen molar-refractivity contribution in [2.24, 2.45) is 0 Å². The van der Waals surface area contributed by atoms with E-state index in [0.29, 0.717) is 0 Å². The van der Waals surface area contributed by atoms with Crippen LogP contribution >= 0.6 is 11.8 Å². The Morgan fingerprint density at radius 2 is 0.879 bits per heavy atom. The Labute approximate surface area is 342 Å². The topological polar surface area (TPSA) is 145 Å². The van der Waals surface area contributed by atoms with Gasteiger partial charge in [-0.2, -0.15) is 0 Å². The van der Waals surface area contributed by atoms with Gasteiger partial charge in [0.15, 0.2) is 0 Å². The second-order valence-corrected chi connectivity index (χ2v) is 15.0. The minimum atomic E-state index is -1.23. The van der Waals surface area contributed by atoms with Crippen molar-refractivity contribution in [1.82, 2.24) is 16.0 Å². The summed E-state index contributed by atoms with van der Waals surface area (Å²) in [5, 5.41) is 28.8. The van der Waals surface area contributed by atoms with Crippen molar-refractivity contribution in [3.05, 3.63) is 215 Å². The largest absolute Gasteiger partial charge is 0.480 e. The molecule has 0 aromatic heterocycles. The number of thioether (sulfide) groups is 1. The van der Waals surface area contributed by atoms with Crippen molar-refractivity contribution in [1.29, 1.82) is 0 Å². The zero-order valence-electron chi connectivity index (χ0n) is 31.7. The molecule has 0 bridgehead atoms. The van der Waals surface area contributed by atoms with Gasteiger partial charge in [-0.3, -0.25) is 24.5 Å². The van der Waals surface area contributed by atoms with Gasteiger partial charge in [0.05, 0.1) is 10.3 Å². The van der Waals surface area contributed by atoms with Gasteiger partial charge in [-0.25, -0.2) is 0 Å². The van der Waals surface area contributed by atoms with Crippen LogP contribution in [0.4, 0.5) is 0 Å². The van der Waals surface area contributed by atoms with E-state index in [4.69, 9.17) is 0 Å². The van der Waals surface area contributed by atoms with Crippen LogP contribution in [0.1, 0.15) is 46.2 Å². The average Bonchev–Trinajstić information content (AvgIpc) is 3.27. The average molecular weight is 792 g/mol. The Kier molecular flexibility index (Phi) is 13.9. The number of hydrogen-bond donors (Lipinski definition) is 5. The maximum Gasteiger partial charge on any atom is 0.322 e. The molecule has 58 heavy (non-hydrogen) atoms. The first-order chi connectivity index (χ1) is 28.2. The summed E-state index contributed by atoms with van der Waals surface area (Å²) in [5.74, 6) is -3.55. The Hall–Kier alpha value is -6.49. The number of hydrogen-bond acceptors (Lipinski definition) is 6. The van der Waals surface area contributed by atoms with Crippen LogP contribution in [-0.2, 0) is 29.5 Å². The molecule has 9 nitrogen and oxygen atoms in total. The molecule has 6 rings (SSSR count). The zero-order valence-corrected chi connectivity index (χ0v) is 32.6. The lowest BCUT2D eigenvalue weighted by atomic mass is 9.76. The molecule has 0 spiro atoms. The van der Waals surface area contributed by atoms with Crippen LogP contribution in [0.3, 0.4) is 0 Å². The molecule has 0 aliphatic rings. The second-order valence-electron chi connectivity index (χ2n) is 13.7. The Bertz CT molecular complexity index is 2050. The van der Waals surface area contributed by atoms with Gasteiger partial charge < -0.3 is 20.8 Å². The maximum absolute atomic E-state index is 13.9. The summed E-state index contributed by atoms with van der Waals surface area (Å²) in [6.45, 7) is -0.636. The van der Waals surface area contributed by atoms with Crippen molar-refractivity contribution < 1.29 is 29.4 Å². The highest BCUT2D eigenvalue weighted by Crippen LogP contribution is 2.48. The number of carbonyl (C=O) groups is 4. The van der Waals surface area contributed by atoms with Crippen molar-refractivity contribution in [2.75, 3.05) is 12.3 Å². The fourth-order valence-electron chi connectivity index (χ4n) is 7.32. The quantitative estimate of drug-likeness (QED) is 0.0542. The van der Waals surface area contributed by atoms with Crippen LogP contribution in [0.25, 0.3) is 0 Å². The zero-order chi connectivity index (χ0) is 40.8. The van der Waals surface area contributed by atoms with Crippen LogP contribution < -0.4 is 16.0 Å². The summed E-state index contributed by atoms with van der Waals surface area (Å²) in [6, 6.07) is 56.0. The normalized spacial score (nSPS) is 12.5. The number of carboxylic acid groups (broad SMARTS) is 2. The van der Waals surface area contributed by atoms with Crippen molar-refractivity contribution >= 4 is 35.5 Å². The number of nitrogens with one attached hydrogen (secondary N) is 3. The number of aliphatic carboxylic acids is 2. The predicted octanol–water partition coefficient (Wildman–Crippen LogP) is 7.21. The number of amides is 2. The number of rotatable bonds is 19. The van der Waals surface area contributed by atoms with E-state index in [-0.39, 0.29) is 18.6 Å². The Morgan fingerprint density at radius 3 is 1.22 bits per heavy atom. The highest BCUT2D eigenvalue weighted by atomic mass is 32.2. The van der Waals surface area contributed by atoms with E-state index in [0.717, 1.165) is 33.4 Å². The molecule has 2 amide bonds. The first-order valence-corrected chi connectivity index (χ1v) is 20.0. The summed E-state index contributed by atoms with van der Waals surface area (Å²) in [7, 11) is 0. The van der Waals surface area contributed by atoms with Gasteiger partial charge in [-0.05, 0) is 39.8 Å². The number of benzene rings is 6. The van der Waals surface area contributed by atoms with Gasteiger partial charge >= 0.3 is 11.9 Å².